The quantitative estimate of drug-likeness (QED) is 0.637. The van der Waals surface area contributed by atoms with Crippen molar-refractivity contribution in [2.75, 3.05) is 20.8 Å². The summed E-state index contributed by atoms with van der Waals surface area (Å²) in [7, 11) is 3.29. The summed E-state index contributed by atoms with van der Waals surface area (Å²) in [6.45, 7) is 2.82. The fraction of sp³-hybridized carbons (Fsp3) is 0.900. The molecule has 0 bridgehead atoms. The van der Waals surface area contributed by atoms with Crippen molar-refractivity contribution < 1.29 is 14.3 Å². The number of ether oxygens (including phenoxy) is 2. The van der Waals surface area contributed by atoms with Crippen LogP contribution in [-0.4, -0.2) is 38.7 Å². The van der Waals surface area contributed by atoms with Crippen LogP contribution in [-0.2, 0) is 14.3 Å². The van der Waals surface area contributed by atoms with E-state index >= 15 is 0 Å². The molecule has 4 heteroatoms. The molecule has 4 nitrogen and oxygen atoms in total. The van der Waals surface area contributed by atoms with Gasteiger partial charge in [-0.3, -0.25) is 0 Å². The van der Waals surface area contributed by atoms with Crippen LogP contribution in [0.2, 0.25) is 0 Å². The molecule has 1 heterocycles. The van der Waals surface area contributed by atoms with Crippen LogP contribution in [0.25, 0.3) is 0 Å². The van der Waals surface area contributed by atoms with Crippen molar-refractivity contribution >= 4 is 5.71 Å². The first-order valence-electron chi connectivity index (χ1n) is 4.99. The van der Waals surface area contributed by atoms with E-state index in [0.29, 0.717) is 0 Å². The van der Waals surface area contributed by atoms with Crippen LogP contribution < -0.4 is 0 Å². The van der Waals surface area contributed by atoms with Crippen molar-refractivity contribution in [3.8, 4) is 0 Å². The van der Waals surface area contributed by atoms with Gasteiger partial charge in [-0.25, -0.2) is 0 Å². The second-order valence-electron chi connectivity index (χ2n) is 3.58. The lowest BCUT2D eigenvalue weighted by molar-refractivity contribution is 0.0182. The van der Waals surface area contributed by atoms with Crippen LogP contribution in [0.4, 0.5) is 0 Å². The molecule has 0 radical (unpaired) electrons. The number of hydrogen-bond donors (Lipinski definition) is 0. The third-order valence-electron chi connectivity index (χ3n) is 2.38. The summed E-state index contributed by atoms with van der Waals surface area (Å²) in [6.07, 6.45) is 3.02. The predicted octanol–water partition coefficient (Wildman–Crippen LogP) is 1.59. The maximum Gasteiger partial charge on any atom is 0.106 e. The van der Waals surface area contributed by atoms with E-state index in [4.69, 9.17) is 14.3 Å². The lowest BCUT2D eigenvalue weighted by Crippen LogP contribution is -2.26. The molecule has 1 fully saturated rings. The van der Waals surface area contributed by atoms with E-state index in [1.807, 2.05) is 0 Å². The van der Waals surface area contributed by atoms with Crippen LogP contribution in [0, 0.1) is 0 Å². The van der Waals surface area contributed by atoms with Gasteiger partial charge in [0.2, 0.25) is 0 Å². The molecule has 0 aromatic rings. The maximum absolute atomic E-state index is 5.58. The van der Waals surface area contributed by atoms with Crippen molar-refractivity contribution in [2.24, 2.45) is 5.16 Å². The van der Waals surface area contributed by atoms with Gasteiger partial charge < -0.3 is 14.3 Å². The Balaban J connectivity index is 2.56. The first kappa shape index (κ1) is 11.5. The second-order valence-corrected chi connectivity index (χ2v) is 3.58. The largest absolute Gasteiger partial charge is 0.399 e. The zero-order valence-electron chi connectivity index (χ0n) is 9.16. The van der Waals surface area contributed by atoms with Crippen molar-refractivity contribution in [3.63, 3.8) is 0 Å². The lowest BCUT2D eigenvalue weighted by atomic mass is 10.0. The Morgan fingerprint density at radius 3 is 2.79 bits per heavy atom. The molecule has 0 saturated carbocycles. The molecule has 0 amide bonds. The van der Waals surface area contributed by atoms with Gasteiger partial charge in [0.05, 0.1) is 17.9 Å². The summed E-state index contributed by atoms with van der Waals surface area (Å²) in [4.78, 5) is 4.80. The van der Waals surface area contributed by atoms with E-state index in [1.54, 1.807) is 14.2 Å². The Labute approximate surface area is 85.2 Å². The number of methoxy groups -OCH3 is 1. The van der Waals surface area contributed by atoms with E-state index in [1.165, 1.54) is 0 Å². The van der Waals surface area contributed by atoms with Crippen LogP contribution in [0.15, 0.2) is 5.16 Å². The van der Waals surface area contributed by atoms with Crippen molar-refractivity contribution in [3.05, 3.63) is 0 Å². The van der Waals surface area contributed by atoms with E-state index in [0.717, 1.165) is 31.6 Å². The first-order valence-corrected chi connectivity index (χ1v) is 4.99. The minimum absolute atomic E-state index is 0.205. The topological polar surface area (TPSA) is 40.0 Å². The lowest BCUT2D eigenvalue weighted by Gasteiger charge is -2.23. The van der Waals surface area contributed by atoms with Gasteiger partial charge >= 0.3 is 0 Å². The zero-order chi connectivity index (χ0) is 10.4. The van der Waals surface area contributed by atoms with Gasteiger partial charge in [0.25, 0.3) is 0 Å². The number of rotatable bonds is 2. The molecule has 0 spiro atoms. The highest BCUT2D eigenvalue weighted by Crippen LogP contribution is 2.14. The summed E-state index contributed by atoms with van der Waals surface area (Å²) < 4.78 is 10.9. The minimum atomic E-state index is 0.205. The Morgan fingerprint density at radius 2 is 2.14 bits per heavy atom. The molecule has 1 rings (SSSR count). The third-order valence-corrected chi connectivity index (χ3v) is 2.38. The molecule has 82 valence electrons. The van der Waals surface area contributed by atoms with Gasteiger partial charge in [-0.1, -0.05) is 5.16 Å². The van der Waals surface area contributed by atoms with E-state index in [2.05, 4.69) is 12.1 Å². The van der Waals surface area contributed by atoms with Crippen LogP contribution in [0.1, 0.15) is 26.2 Å². The molecule has 1 aliphatic rings. The highest BCUT2D eigenvalue weighted by Gasteiger charge is 2.18. The average molecular weight is 201 g/mol. The molecule has 0 N–H and O–H groups in total. The maximum atomic E-state index is 5.58. The van der Waals surface area contributed by atoms with Crippen molar-refractivity contribution in [2.45, 2.75) is 38.4 Å². The molecular weight excluding hydrogens is 182 g/mol. The Hall–Kier alpha value is -0.610. The Kier molecular flexibility index (Phi) is 4.90. The number of hydrogen-bond acceptors (Lipinski definition) is 4. The van der Waals surface area contributed by atoms with Gasteiger partial charge in [-0.15, -0.1) is 0 Å². The van der Waals surface area contributed by atoms with E-state index in [9.17, 15) is 0 Å². The fourth-order valence-electron chi connectivity index (χ4n) is 1.64. The molecule has 0 aromatic carbocycles. The Morgan fingerprint density at radius 1 is 1.36 bits per heavy atom. The van der Waals surface area contributed by atoms with Gasteiger partial charge in [-0.2, -0.15) is 0 Å². The van der Waals surface area contributed by atoms with Crippen molar-refractivity contribution in [1.82, 2.24) is 0 Å². The van der Waals surface area contributed by atoms with E-state index in [-0.39, 0.29) is 12.2 Å². The fourth-order valence-corrected chi connectivity index (χ4v) is 1.64. The zero-order valence-corrected chi connectivity index (χ0v) is 9.16. The molecule has 2 unspecified atom stereocenters. The van der Waals surface area contributed by atoms with Gasteiger partial charge in [0.15, 0.2) is 0 Å². The smallest absolute Gasteiger partial charge is 0.106 e. The van der Waals surface area contributed by atoms with Crippen LogP contribution in [0.5, 0.6) is 0 Å². The monoisotopic (exact) mass is 201 g/mol. The molecule has 0 aromatic heterocycles. The summed E-state index contributed by atoms with van der Waals surface area (Å²) in [5.41, 5.74) is 1.02. The highest BCUT2D eigenvalue weighted by atomic mass is 16.6. The average Bonchev–Trinajstić information content (AvgIpc) is 2.13. The third kappa shape index (κ3) is 3.64. The summed E-state index contributed by atoms with van der Waals surface area (Å²) in [5.74, 6) is 0. The normalized spacial score (nSPS) is 32.4. The van der Waals surface area contributed by atoms with Gasteiger partial charge in [0, 0.05) is 26.6 Å². The molecule has 0 aliphatic carbocycles. The number of oxime groups is 1. The van der Waals surface area contributed by atoms with Crippen LogP contribution in [0.3, 0.4) is 0 Å². The highest BCUT2D eigenvalue weighted by molar-refractivity contribution is 5.84. The Bertz CT molecular complexity index is 194. The summed E-state index contributed by atoms with van der Waals surface area (Å²) in [5, 5.41) is 3.99. The van der Waals surface area contributed by atoms with Gasteiger partial charge in [0.1, 0.15) is 7.11 Å². The molecular formula is C10H19NO3. The van der Waals surface area contributed by atoms with Gasteiger partial charge in [-0.05, 0) is 13.3 Å². The SMILES string of the molecule is CON=C1CC(C)OCCC(OC)C1. The molecule has 2 atom stereocenters. The molecule has 1 saturated heterocycles. The standard InChI is InChI=1S/C10H19NO3/c1-8-6-9(11-13-3)7-10(12-2)4-5-14-8/h8,10H,4-7H2,1-3H3. The first-order chi connectivity index (χ1) is 6.76. The summed E-state index contributed by atoms with van der Waals surface area (Å²) >= 11 is 0. The minimum Gasteiger partial charge on any atom is -0.399 e. The molecule has 1 aliphatic heterocycles. The predicted molar refractivity (Wildman–Crippen MR) is 54.5 cm³/mol. The van der Waals surface area contributed by atoms with Crippen LogP contribution >= 0.6 is 0 Å². The molecule has 14 heavy (non-hydrogen) atoms. The summed E-state index contributed by atoms with van der Waals surface area (Å²) in [6, 6.07) is 0. The van der Waals surface area contributed by atoms with Crippen molar-refractivity contribution in [1.29, 1.82) is 0 Å². The second kappa shape index (κ2) is 5.98. The van der Waals surface area contributed by atoms with E-state index < -0.39 is 0 Å². The number of nitrogens with zero attached hydrogens (tertiary/aromatic N) is 1.